The maximum absolute atomic E-state index is 12.3. The normalized spacial score (nSPS) is 22.4. The lowest BCUT2D eigenvalue weighted by molar-refractivity contribution is -0.118. The molecule has 4 rings (SSSR count). The second kappa shape index (κ2) is 9.65. The Bertz CT molecular complexity index is 909. The summed E-state index contributed by atoms with van der Waals surface area (Å²) in [5.41, 5.74) is 1.97. The summed E-state index contributed by atoms with van der Waals surface area (Å²) in [6, 6.07) is 7.08. The van der Waals surface area contributed by atoms with Gasteiger partial charge in [0.05, 0.1) is 18.9 Å². The summed E-state index contributed by atoms with van der Waals surface area (Å²) in [5, 5.41) is 2.95. The number of rotatable bonds is 6. The summed E-state index contributed by atoms with van der Waals surface area (Å²) in [6.07, 6.45) is 9.54. The molecule has 0 aromatic heterocycles. The fourth-order valence-electron chi connectivity index (χ4n) is 3.48. The molecule has 156 valence electrons. The van der Waals surface area contributed by atoms with E-state index in [1.807, 2.05) is 18.2 Å². The lowest BCUT2D eigenvalue weighted by Gasteiger charge is -2.26. The summed E-state index contributed by atoms with van der Waals surface area (Å²) in [6.45, 7) is 5.07. The van der Waals surface area contributed by atoms with E-state index in [1.165, 1.54) is 0 Å². The van der Waals surface area contributed by atoms with E-state index in [1.54, 1.807) is 36.4 Å². The topological polar surface area (TPSA) is 80.2 Å². The van der Waals surface area contributed by atoms with Crippen LogP contribution in [0, 0.1) is 0 Å². The smallest absolute Gasteiger partial charge is 0.312 e. The van der Waals surface area contributed by atoms with Gasteiger partial charge in [0.2, 0.25) is 0 Å². The van der Waals surface area contributed by atoms with Gasteiger partial charge in [0.1, 0.15) is 0 Å². The number of amides is 2. The zero-order valence-electron chi connectivity index (χ0n) is 16.8. The molecule has 2 heterocycles. The Morgan fingerprint density at radius 1 is 1.20 bits per heavy atom. The van der Waals surface area contributed by atoms with Crippen molar-refractivity contribution >= 4 is 23.6 Å². The number of hydrogen-bond donors (Lipinski definition) is 1. The second-order valence-corrected chi connectivity index (χ2v) is 7.32. The number of morpholine rings is 1. The summed E-state index contributed by atoms with van der Waals surface area (Å²) in [5.74, 6) is -0.304. The number of carbonyl (C=O) groups is 2. The maximum atomic E-state index is 12.3. The van der Waals surface area contributed by atoms with E-state index in [2.05, 4.69) is 15.2 Å². The van der Waals surface area contributed by atoms with Crippen LogP contribution in [-0.4, -0.2) is 67.9 Å². The Morgan fingerprint density at radius 2 is 2.00 bits per heavy atom. The van der Waals surface area contributed by atoms with Gasteiger partial charge in [-0.15, -0.1) is 0 Å². The minimum Gasteiger partial charge on any atom is -0.474 e. The highest BCUT2D eigenvalue weighted by Crippen LogP contribution is 2.20. The summed E-state index contributed by atoms with van der Waals surface area (Å²) >= 11 is 0. The van der Waals surface area contributed by atoms with Gasteiger partial charge in [-0.2, -0.15) is 0 Å². The first-order chi connectivity index (χ1) is 14.7. The number of carbonyl (C=O) groups excluding carboxylic acids is 2. The lowest BCUT2D eigenvalue weighted by Crippen LogP contribution is -2.38. The van der Waals surface area contributed by atoms with Crippen LogP contribution in [0.25, 0.3) is 6.08 Å². The molecule has 1 aromatic carbocycles. The predicted octanol–water partition coefficient (Wildman–Crippen LogP) is 1.97. The van der Waals surface area contributed by atoms with Crippen molar-refractivity contribution in [2.24, 2.45) is 4.99 Å². The molecule has 1 N–H and O–H groups in total. The molecule has 3 aliphatic rings. The van der Waals surface area contributed by atoms with Gasteiger partial charge in [0.15, 0.2) is 11.9 Å². The summed E-state index contributed by atoms with van der Waals surface area (Å²) in [4.78, 5) is 30.9. The molecule has 1 aromatic rings. The molecule has 0 radical (unpaired) electrons. The molecule has 0 spiro atoms. The lowest BCUT2D eigenvalue weighted by atomic mass is 10.1. The van der Waals surface area contributed by atoms with Crippen molar-refractivity contribution in [1.29, 1.82) is 0 Å². The van der Waals surface area contributed by atoms with Gasteiger partial charge < -0.3 is 14.8 Å². The minimum atomic E-state index is -0.400. The van der Waals surface area contributed by atoms with Crippen molar-refractivity contribution in [3.63, 3.8) is 0 Å². The number of aliphatic imine (C=N–C) groups is 1. The number of ether oxygens (including phenoxy) is 2. The number of hydrogen-bond acceptors (Lipinski definition) is 5. The number of nitrogens with one attached hydrogen (secondary N) is 1. The Kier molecular flexibility index (Phi) is 6.51. The summed E-state index contributed by atoms with van der Waals surface area (Å²) < 4.78 is 11.1. The number of fused-ring (bicyclic) bond motifs is 1. The molecule has 2 amide bonds. The van der Waals surface area contributed by atoms with E-state index < -0.39 is 5.91 Å². The molecule has 0 saturated carbocycles. The first-order valence-corrected chi connectivity index (χ1v) is 10.2. The molecule has 7 heteroatoms. The molecule has 1 unspecified atom stereocenters. The van der Waals surface area contributed by atoms with Crippen molar-refractivity contribution in [3.05, 3.63) is 65.5 Å². The van der Waals surface area contributed by atoms with E-state index in [0.29, 0.717) is 17.8 Å². The first-order valence-electron chi connectivity index (χ1n) is 10.2. The fraction of sp³-hybridized carbons (Fsp3) is 0.348. The van der Waals surface area contributed by atoms with Crippen molar-refractivity contribution in [1.82, 2.24) is 10.2 Å². The van der Waals surface area contributed by atoms with Gasteiger partial charge in [-0.3, -0.25) is 14.5 Å². The third-order valence-corrected chi connectivity index (χ3v) is 5.16. The SMILES string of the molecule is O=C1N=C2C=CC=CC2O/C1=C\c1ccc(C(=O)NCCCN2CCOCC2)cc1. The van der Waals surface area contributed by atoms with Crippen LogP contribution in [-0.2, 0) is 14.3 Å². The highest BCUT2D eigenvalue weighted by Gasteiger charge is 2.26. The quantitative estimate of drug-likeness (QED) is 0.576. The van der Waals surface area contributed by atoms with Crippen LogP contribution in [0.1, 0.15) is 22.3 Å². The molecule has 1 fully saturated rings. The molecule has 1 aliphatic carbocycles. The third kappa shape index (κ3) is 5.11. The van der Waals surface area contributed by atoms with Gasteiger partial charge in [-0.1, -0.05) is 24.3 Å². The van der Waals surface area contributed by atoms with Crippen molar-refractivity contribution < 1.29 is 19.1 Å². The van der Waals surface area contributed by atoms with Gasteiger partial charge in [-0.05, 0) is 48.9 Å². The van der Waals surface area contributed by atoms with Gasteiger partial charge >= 0.3 is 5.91 Å². The zero-order valence-corrected chi connectivity index (χ0v) is 16.8. The molecular weight excluding hydrogens is 382 g/mol. The maximum Gasteiger partial charge on any atom is 0.312 e. The number of nitrogens with zero attached hydrogens (tertiary/aromatic N) is 2. The van der Waals surface area contributed by atoms with Gasteiger partial charge in [0.25, 0.3) is 5.91 Å². The number of allylic oxidation sites excluding steroid dienone is 2. The Hall–Kier alpha value is -3.03. The molecule has 0 bridgehead atoms. The monoisotopic (exact) mass is 407 g/mol. The molecule has 1 saturated heterocycles. The first kappa shape index (κ1) is 20.3. The van der Waals surface area contributed by atoms with E-state index in [9.17, 15) is 9.59 Å². The highest BCUT2D eigenvalue weighted by molar-refractivity contribution is 6.13. The van der Waals surface area contributed by atoms with Crippen LogP contribution in [0.3, 0.4) is 0 Å². The second-order valence-electron chi connectivity index (χ2n) is 7.32. The van der Waals surface area contributed by atoms with Gasteiger partial charge in [-0.25, -0.2) is 4.99 Å². The molecule has 1 atom stereocenters. The van der Waals surface area contributed by atoms with E-state index in [4.69, 9.17) is 9.47 Å². The Labute approximate surface area is 175 Å². The third-order valence-electron chi connectivity index (χ3n) is 5.16. The predicted molar refractivity (Wildman–Crippen MR) is 114 cm³/mol. The van der Waals surface area contributed by atoms with Crippen LogP contribution in [0.15, 0.2) is 59.3 Å². The molecule has 30 heavy (non-hydrogen) atoms. The molecular formula is C23H25N3O4. The van der Waals surface area contributed by atoms with Gasteiger partial charge in [0, 0.05) is 25.2 Å². The van der Waals surface area contributed by atoms with Crippen LogP contribution < -0.4 is 5.32 Å². The average molecular weight is 407 g/mol. The number of benzene rings is 1. The Balaban J connectivity index is 1.29. The minimum absolute atomic E-state index is 0.102. The van der Waals surface area contributed by atoms with Crippen LogP contribution in [0.5, 0.6) is 0 Å². The Morgan fingerprint density at radius 3 is 2.80 bits per heavy atom. The van der Waals surface area contributed by atoms with Crippen molar-refractivity contribution in [2.75, 3.05) is 39.4 Å². The zero-order chi connectivity index (χ0) is 20.8. The fourth-order valence-corrected chi connectivity index (χ4v) is 3.48. The highest BCUT2D eigenvalue weighted by atomic mass is 16.5. The van der Waals surface area contributed by atoms with E-state index in [0.717, 1.165) is 44.8 Å². The molecule has 7 nitrogen and oxygen atoms in total. The standard InChI is InChI=1S/C23H25N3O4/c27-22(24-10-3-11-26-12-14-29-15-13-26)18-8-6-17(7-9-18)16-21-23(28)25-19-4-1-2-5-20(19)30-21/h1-2,4-9,16,20H,3,10-15H2,(H,24,27)/b21-16-. The van der Waals surface area contributed by atoms with E-state index >= 15 is 0 Å². The largest absolute Gasteiger partial charge is 0.474 e. The summed E-state index contributed by atoms with van der Waals surface area (Å²) in [7, 11) is 0. The van der Waals surface area contributed by atoms with Crippen LogP contribution in [0.2, 0.25) is 0 Å². The van der Waals surface area contributed by atoms with Crippen LogP contribution in [0.4, 0.5) is 0 Å². The van der Waals surface area contributed by atoms with Crippen molar-refractivity contribution in [3.8, 4) is 0 Å². The average Bonchev–Trinajstić information content (AvgIpc) is 2.78. The van der Waals surface area contributed by atoms with E-state index in [-0.39, 0.29) is 17.8 Å². The van der Waals surface area contributed by atoms with Crippen LogP contribution >= 0.6 is 0 Å². The van der Waals surface area contributed by atoms with Crippen molar-refractivity contribution in [2.45, 2.75) is 12.5 Å². The molecule has 2 aliphatic heterocycles.